The van der Waals surface area contributed by atoms with E-state index in [0.717, 1.165) is 0 Å². The molecule has 0 saturated carbocycles. The van der Waals surface area contributed by atoms with E-state index < -0.39 is 4.92 Å². The first-order valence-corrected chi connectivity index (χ1v) is 11.7. The minimum absolute atomic E-state index is 0.0564. The number of nitrogens with zero attached hydrogens (tertiary/aromatic N) is 5. The fourth-order valence-electron chi connectivity index (χ4n) is 3.68. The summed E-state index contributed by atoms with van der Waals surface area (Å²) in [5.74, 6) is 0.472. The molecule has 0 unspecified atom stereocenters. The van der Waals surface area contributed by atoms with Gasteiger partial charge in [-0.2, -0.15) is 5.26 Å². The van der Waals surface area contributed by atoms with Crippen LogP contribution in [0.2, 0.25) is 0 Å². The summed E-state index contributed by atoms with van der Waals surface area (Å²) >= 11 is 1.22. The molecule has 0 aliphatic carbocycles. The number of hydrogen-bond donors (Lipinski definition) is 0. The SMILES string of the molecule is COc1ccccc1-n1c(SCC(=O)N(CCC#N)c2ccccc2)nc2cc([N+](=O)[O-])ccc21. The number of anilines is 1. The summed E-state index contributed by atoms with van der Waals surface area (Å²) in [7, 11) is 1.56. The fourth-order valence-corrected chi connectivity index (χ4v) is 4.57. The van der Waals surface area contributed by atoms with E-state index in [0.29, 0.717) is 33.3 Å². The van der Waals surface area contributed by atoms with Crippen LogP contribution in [0, 0.1) is 21.4 Å². The van der Waals surface area contributed by atoms with Crippen molar-refractivity contribution in [2.75, 3.05) is 24.3 Å². The molecule has 0 radical (unpaired) electrons. The van der Waals surface area contributed by atoms with Gasteiger partial charge in [0.15, 0.2) is 5.16 Å². The second-order valence-electron chi connectivity index (χ2n) is 7.41. The number of benzene rings is 3. The Morgan fingerprint density at radius 1 is 1.17 bits per heavy atom. The van der Waals surface area contributed by atoms with Crippen LogP contribution in [0.5, 0.6) is 5.75 Å². The maximum atomic E-state index is 13.2. The fraction of sp³-hybridized carbons (Fsp3) is 0.160. The molecule has 35 heavy (non-hydrogen) atoms. The van der Waals surface area contributed by atoms with Gasteiger partial charge in [-0.15, -0.1) is 0 Å². The highest BCUT2D eigenvalue weighted by atomic mass is 32.2. The van der Waals surface area contributed by atoms with Crippen LogP contribution in [-0.4, -0.2) is 39.8 Å². The molecule has 0 fully saturated rings. The molecule has 3 aromatic carbocycles. The molecule has 1 heterocycles. The minimum Gasteiger partial charge on any atom is -0.495 e. The number of thioether (sulfide) groups is 1. The monoisotopic (exact) mass is 487 g/mol. The van der Waals surface area contributed by atoms with Gasteiger partial charge in [-0.3, -0.25) is 19.5 Å². The molecule has 0 bridgehead atoms. The first-order valence-electron chi connectivity index (χ1n) is 10.7. The number of nitro benzene ring substituents is 1. The van der Waals surface area contributed by atoms with Gasteiger partial charge in [0.05, 0.1) is 47.0 Å². The van der Waals surface area contributed by atoms with Crippen molar-refractivity contribution >= 4 is 40.1 Å². The van der Waals surface area contributed by atoms with Gasteiger partial charge in [-0.1, -0.05) is 42.1 Å². The molecular weight excluding hydrogens is 466 g/mol. The molecular formula is C25H21N5O4S. The van der Waals surface area contributed by atoms with Crippen molar-refractivity contribution in [3.63, 3.8) is 0 Å². The Bertz CT molecular complexity index is 1410. The molecule has 1 amide bonds. The number of amides is 1. The Morgan fingerprint density at radius 2 is 1.91 bits per heavy atom. The Labute approximate surface area is 205 Å². The van der Waals surface area contributed by atoms with Gasteiger partial charge >= 0.3 is 0 Å². The van der Waals surface area contributed by atoms with Crippen molar-refractivity contribution in [2.24, 2.45) is 0 Å². The second kappa shape index (κ2) is 10.7. The molecule has 4 aromatic rings. The zero-order valence-corrected chi connectivity index (χ0v) is 19.6. The third-order valence-corrected chi connectivity index (χ3v) is 6.21. The van der Waals surface area contributed by atoms with Gasteiger partial charge in [0.2, 0.25) is 5.91 Å². The molecule has 9 nitrogen and oxygen atoms in total. The highest BCUT2D eigenvalue weighted by molar-refractivity contribution is 7.99. The molecule has 0 saturated heterocycles. The van der Waals surface area contributed by atoms with Crippen LogP contribution in [0.3, 0.4) is 0 Å². The van der Waals surface area contributed by atoms with Gasteiger partial charge in [0, 0.05) is 24.4 Å². The molecule has 10 heteroatoms. The number of fused-ring (bicyclic) bond motifs is 1. The van der Waals surface area contributed by atoms with Crippen LogP contribution >= 0.6 is 11.8 Å². The number of hydrogen-bond acceptors (Lipinski definition) is 7. The van der Waals surface area contributed by atoms with E-state index in [1.807, 2.05) is 59.2 Å². The molecule has 0 spiro atoms. The van der Waals surface area contributed by atoms with Crippen LogP contribution in [0.1, 0.15) is 6.42 Å². The summed E-state index contributed by atoms with van der Waals surface area (Å²) in [5.41, 5.74) is 2.43. The number of carbonyl (C=O) groups is 1. The summed E-state index contributed by atoms with van der Waals surface area (Å²) in [6, 6.07) is 23.1. The first kappa shape index (κ1) is 23.8. The zero-order chi connectivity index (χ0) is 24.8. The quantitative estimate of drug-likeness (QED) is 0.186. The van der Waals surface area contributed by atoms with E-state index in [1.165, 1.54) is 23.9 Å². The number of para-hydroxylation sites is 3. The standard InChI is InChI=1S/C25H21N5O4S/c1-34-23-11-6-5-10-22(23)29-21-13-12-19(30(32)33)16-20(21)27-25(29)35-17-24(31)28(15-7-14-26)18-8-3-2-4-9-18/h2-6,8-13,16H,7,15,17H2,1H3. The Hall–Kier alpha value is -4.36. The normalized spacial score (nSPS) is 10.6. The number of ether oxygens (including phenoxy) is 1. The highest BCUT2D eigenvalue weighted by Crippen LogP contribution is 2.34. The lowest BCUT2D eigenvalue weighted by Crippen LogP contribution is -2.33. The molecule has 1 aromatic heterocycles. The number of nitriles is 1. The molecule has 176 valence electrons. The van der Waals surface area contributed by atoms with E-state index >= 15 is 0 Å². The number of methoxy groups -OCH3 is 1. The lowest BCUT2D eigenvalue weighted by molar-refractivity contribution is -0.384. The van der Waals surface area contributed by atoms with Crippen LogP contribution in [-0.2, 0) is 4.79 Å². The second-order valence-corrected chi connectivity index (χ2v) is 8.35. The van der Waals surface area contributed by atoms with E-state index in [-0.39, 0.29) is 30.3 Å². The average molecular weight is 488 g/mol. The smallest absolute Gasteiger partial charge is 0.271 e. The van der Waals surface area contributed by atoms with Gasteiger partial charge in [-0.05, 0) is 30.3 Å². The molecule has 0 aliphatic heterocycles. The summed E-state index contributed by atoms with van der Waals surface area (Å²) in [6.07, 6.45) is 0.203. The summed E-state index contributed by atoms with van der Waals surface area (Å²) in [4.78, 5) is 30.2. The van der Waals surface area contributed by atoms with E-state index in [9.17, 15) is 14.9 Å². The van der Waals surface area contributed by atoms with Crippen LogP contribution < -0.4 is 9.64 Å². The van der Waals surface area contributed by atoms with Gasteiger partial charge in [0.25, 0.3) is 5.69 Å². The Kier molecular flexibility index (Phi) is 7.28. The highest BCUT2D eigenvalue weighted by Gasteiger charge is 2.21. The minimum atomic E-state index is -0.467. The first-order chi connectivity index (χ1) is 17.0. The number of aromatic nitrogens is 2. The summed E-state index contributed by atoms with van der Waals surface area (Å²) in [6.45, 7) is 0.273. The topological polar surface area (TPSA) is 114 Å². The number of nitro groups is 1. The Morgan fingerprint density at radius 3 is 2.63 bits per heavy atom. The van der Waals surface area contributed by atoms with E-state index in [2.05, 4.69) is 11.1 Å². The van der Waals surface area contributed by atoms with E-state index in [1.54, 1.807) is 18.1 Å². The maximum absolute atomic E-state index is 13.2. The lowest BCUT2D eigenvalue weighted by Gasteiger charge is -2.21. The van der Waals surface area contributed by atoms with Crippen LogP contribution in [0.15, 0.2) is 78.0 Å². The largest absolute Gasteiger partial charge is 0.495 e. The molecule has 4 rings (SSSR count). The molecule has 0 N–H and O–H groups in total. The third kappa shape index (κ3) is 5.10. The number of rotatable bonds is 9. The number of imidazole rings is 1. The predicted molar refractivity (Wildman–Crippen MR) is 134 cm³/mol. The summed E-state index contributed by atoms with van der Waals surface area (Å²) in [5, 5.41) is 20.8. The van der Waals surface area contributed by atoms with Crippen molar-refractivity contribution in [2.45, 2.75) is 11.6 Å². The van der Waals surface area contributed by atoms with Gasteiger partial charge in [-0.25, -0.2) is 4.98 Å². The zero-order valence-electron chi connectivity index (χ0n) is 18.8. The maximum Gasteiger partial charge on any atom is 0.271 e. The number of non-ortho nitro benzene ring substituents is 1. The Balaban J connectivity index is 1.72. The summed E-state index contributed by atoms with van der Waals surface area (Å²) < 4.78 is 7.36. The van der Waals surface area contributed by atoms with E-state index in [4.69, 9.17) is 10.00 Å². The molecule has 0 atom stereocenters. The van der Waals surface area contributed by atoms with Crippen LogP contribution in [0.4, 0.5) is 11.4 Å². The lowest BCUT2D eigenvalue weighted by atomic mass is 10.2. The van der Waals surface area contributed by atoms with Crippen molar-refractivity contribution in [3.8, 4) is 17.5 Å². The molecule has 0 aliphatic rings. The number of carbonyl (C=O) groups excluding carboxylic acids is 1. The van der Waals surface area contributed by atoms with Crippen molar-refractivity contribution < 1.29 is 14.5 Å². The predicted octanol–water partition coefficient (Wildman–Crippen LogP) is 4.98. The van der Waals surface area contributed by atoms with Gasteiger partial charge in [0.1, 0.15) is 5.75 Å². The van der Waals surface area contributed by atoms with Gasteiger partial charge < -0.3 is 9.64 Å². The third-order valence-electron chi connectivity index (χ3n) is 5.29. The average Bonchev–Trinajstić information content (AvgIpc) is 3.25. The van der Waals surface area contributed by atoms with Crippen molar-refractivity contribution in [1.82, 2.24) is 9.55 Å². The van der Waals surface area contributed by atoms with Crippen LogP contribution in [0.25, 0.3) is 16.7 Å². The van der Waals surface area contributed by atoms with Crippen molar-refractivity contribution in [3.05, 3.63) is 82.9 Å². The van der Waals surface area contributed by atoms with Crippen molar-refractivity contribution in [1.29, 1.82) is 5.26 Å².